The predicted molar refractivity (Wildman–Crippen MR) is 168 cm³/mol. The van der Waals surface area contributed by atoms with E-state index >= 15 is 0 Å². The highest BCUT2D eigenvalue weighted by molar-refractivity contribution is 6.00. The average molecular weight is 584 g/mol. The first-order valence-electron chi connectivity index (χ1n) is 15.1. The number of nitrogens with two attached hydrogens (primary N) is 1. The van der Waals surface area contributed by atoms with Gasteiger partial charge in [0.2, 0.25) is 11.8 Å². The number of rotatable bonds is 9. The second-order valence-corrected chi connectivity index (χ2v) is 11.4. The third-order valence-electron chi connectivity index (χ3n) is 8.33. The molecule has 1 saturated carbocycles. The molecule has 1 saturated heterocycles. The van der Waals surface area contributed by atoms with Crippen molar-refractivity contribution >= 4 is 29.1 Å². The summed E-state index contributed by atoms with van der Waals surface area (Å²) in [5, 5.41) is 6.22. The summed E-state index contributed by atoms with van der Waals surface area (Å²) in [6.07, 6.45) is 4.10. The summed E-state index contributed by atoms with van der Waals surface area (Å²) in [5.74, 6) is 0.537. The molecule has 1 aliphatic carbocycles. The molecule has 0 unspecified atom stereocenters. The summed E-state index contributed by atoms with van der Waals surface area (Å²) in [5.41, 5.74) is 9.83. The van der Waals surface area contributed by atoms with Gasteiger partial charge in [-0.25, -0.2) is 0 Å². The first-order valence-corrected chi connectivity index (χ1v) is 15.1. The Morgan fingerprint density at radius 3 is 2.19 bits per heavy atom. The van der Waals surface area contributed by atoms with Crippen molar-refractivity contribution in [3.63, 3.8) is 0 Å². The maximum absolute atomic E-state index is 13.2. The molecule has 4 N–H and O–H groups in total. The van der Waals surface area contributed by atoms with E-state index in [-0.39, 0.29) is 36.2 Å². The van der Waals surface area contributed by atoms with Crippen LogP contribution in [0.4, 0.5) is 11.4 Å². The van der Waals surface area contributed by atoms with Crippen molar-refractivity contribution < 1.29 is 19.1 Å². The molecular weight excluding hydrogens is 542 g/mol. The van der Waals surface area contributed by atoms with Crippen molar-refractivity contribution in [1.29, 1.82) is 0 Å². The monoisotopic (exact) mass is 583 g/mol. The Bertz CT molecular complexity index is 1400. The maximum Gasteiger partial charge on any atom is 0.251 e. The van der Waals surface area contributed by atoms with Crippen LogP contribution in [0.3, 0.4) is 0 Å². The molecule has 1 heterocycles. The van der Waals surface area contributed by atoms with E-state index in [2.05, 4.69) is 15.5 Å². The summed E-state index contributed by atoms with van der Waals surface area (Å²) in [4.78, 5) is 43.4. The average Bonchev–Trinajstić information content (AvgIpc) is 3.03. The lowest BCUT2D eigenvalue weighted by molar-refractivity contribution is -0.130. The van der Waals surface area contributed by atoms with Gasteiger partial charge in [0.05, 0.1) is 31.3 Å². The molecule has 0 bridgehead atoms. The fourth-order valence-electron chi connectivity index (χ4n) is 5.79. The topological polar surface area (TPSA) is 117 Å². The van der Waals surface area contributed by atoms with Crippen LogP contribution in [0, 0.1) is 0 Å². The van der Waals surface area contributed by atoms with E-state index in [0.717, 1.165) is 48.2 Å². The van der Waals surface area contributed by atoms with Gasteiger partial charge in [-0.15, -0.1) is 0 Å². The Morgan fingerprint density at radius 2 is 1.51 bits per heavy atom. The molecule has 9 nitrogen and oxygen atoms in total. The molecular formula is C34H41N5O4. The molecule has 9 heteroatoms. The smallest absolute Gasteiger partial charge is 0.251 e. The van der Waals surface area contributed by atoms with Gasteiger partial charge in [0, 0.05) is 43.8 Å². The Balaban J connectivity index is 1.27. The lowest BCUT2D eigenvalue weighted by Crippen LogP contribution is -2.49. The van der Waals surface area contributed by atoms with Crippen LogP contribution in [0.2, 0.25) is 0 Å². The van der Waals surface area contributed by atoms with Crippen LogP contribution in [0.5, 0.6) is 5.75 Å². The van der Waals surface area contributed by atoms with Gasteiger partial charge in [0.25, 0.3) is 5.91 Å². The Kier molecular flexibility index (Phi) is 9.94. The number of amides is 3. The normalized spacial score (nSPS) is 18.6. The predicted octanol–water partition coefficient (Wildman–Crippen LogP) is 3.77. The van der Waals surface area contributed by atoms with Crippen LogP contribution in [-0.2, 0) is 22.4 Å². The molecule has 0 radical (unpaired) electrons. The lowest BCUT2D eigenvalue weighted by atomic mass is 9.91. The number of anilines is 2. The number of nitrogens with one attached hydrogen (secondary N) is 2. The van der Waals surface area contributed by atoms with E-state index in [9.17, 15) is 14.4 Å². The summed E-state index contributed by atoms with van der Waals surface area (Å²) in [6, 6.07) is 22.9. The van der Waals surface area contributed by atoms with E-state index in [1.807, 2.05) is 71.6 Å². The van der Waals surface area contributed by atoms with Crippen LogP contribution < -0.4 is 26.0 Å². The van der Waals surface area contributed by atoms with E-state index in [1.165, 1.54) is 0 Å². The zero-order valence-corrected chi connectivity index (χ0v) is 24.8. The molecule has 3 aromatic rings. The third kappa shape index (κ3) is 8.14. The number of nitrogens with zero attached hydrogens (tertiary/aromatic N) is 2. The molecule has 0 aromatic heterocycles. The van der Waals surface area contributed by atoms with E-state index in [0.29, 0.717) is 43.9 Å². The number of methoxy groups -OCH3 is 1. The van der Waals surface area contributed by atoms with Gasteiger partial charge >= 0.3 is 0 Å². The Morgan fingerprint density at radius 1 is 0.837 bits per heavy atom. The summed E-state index contributed by atoms with van der Waals surface area (Å²) in [7, 11) is 1.62. The number of ether oxygens (including phenoxy) is 1. The fourth-order valence-corrected chi connectivity index (χ4v) is 5.79. The van der Waals surface area contributed by atoms with Gasteiger partial charge in [-0.05, 0) is 67.1 Å². The number of hydrogen-bond donors (Lipinski definition) is 3. The first kappa shape index (κ1) is 30.1. The van der Waals surface area contributed by atoms with E-state index in [4.69, 9.17) is 10.5 Å². The van der Waals surface area contributed by atoms with Gasteiger partial charge in [-0.2, -0.15) is 0 Å². The van der Waals surface area contributed by atoms with Crippen molar-refractivity contribution in [2.45, 2.75) is 50.6 Å². The van der Waals surface area contributed by atoms with Crippen molar-refractivity contribution in [3.8, 4) is 5.75 Å². The molecule has 0 spiro atoms. The maximum atomic E-state index is 13.2. The van der Waals surface area contributed by atoms with Crippen LogP contribution in [-0.4, -0.2) is 68.0 Å². The second kappa shape index (κ2) is 14.2. The van der Waals surface area contributed by atoms with Gasteiger partial charge < -0.3 is 30.9 Å². The van der Waals surface area contributed by atoms with Crippen LogP contribution in [0.25, 0.3) is 0 Å². The molecule has 2 fully saturated rings. The number of carbonyl (C=O) groups excluding carboxylic acids is 3. The van der Waals surface area contributed by atoms with E-state index in [1.54, 1.807) is 13.2 Å². The SMILES string of the molecule is COc1ccc(CC(=O)N2CCN(c3ccc(C(=O)NC4CCC(N)CC4)cc3NC(=O)Cc3ccccc3)CC2)cc1. The number of carbonyl (C=O) groups is 3. The minimum atomic E-state index is -0.153. The summed E-state index contributed by atoms with van der Waals surface area (Å²) < 4.78 is 5.21. The Labute approximate surface area is 253 Å². The van der Waals surface area contributed by atoms with Crippen molar-refractivity contribution in [3.05, 3.63) is 89.5 Å². The molecule has 5 rings (SSSR count). The van der Waals surface area contributed by atoms with Crippen molar-refractivity contribution in [2.75, 3.05) is 43.5 Å². The third-order valence-corrected chi connectivity index (χ3v) is 8.33. The van der Waals surface area contributed by atoms with E-state index < -0.39 is 0 Å². The van der Waals surface area contributed by atoms with Crippen molar-refractivity contribution in [1.82, 2.24) is 10.2 Å². The molecule has 1 aliphatic heterocycles. The molecule has 3 aromatic carbocycles. The molecule has 3 amide bonds. The van der Waals surface area contributed by atoms with Gasteiger partial charge in [-0.3, -0.25) is 14.4 Å². The lowest BCUT2D eigenvalue weighted by Gasteiger charge is -2.37. The summed E-state index contributed by atoms with van der Waals surface area (Å²) >= 11 is 0. The molecule has 2 aliphatic rings. The number of piperazine rings is 1. The largest absolute Gasteiger partial charge is 0.497 e. The highest BCUT2D eigenvalue weighted by Gasteiger charge is 2.25. The molecule has 226 valence electrons. The summed E-state index contributed by atoms with van der Waals surface area (Å²) in [6.45, 7) is 2.37. The minimum Gasteiger partial charge on any atom is -0.497 e. The quantitative estimate of drug-likeness (QED) is 0.353. The minimum absolute atomic E-state index is 0.0805. The fraction of sp³-hybridized carbons (Fsp3) is 0.382. The molecule has 43 heavy (non-hydrogen) atoms. The van der Waals surface area contributed by atoms with Gasteiger partial charge in [0.15, 0.2) is 0 Å². The van der Waals surface area contributed by atoms with Gasteiger partial charge in [0.1, 0.15) is 5.75 Å². The zero-order valence-electron chi connectivity index (χ0n) is 24.8. The second-order valence-electron chi connectivity index (χ2n) is 11.4. The van der Waals surface area contributed by atoms with Crippen LogP contribution >= 0.6 is 0 Å². The molecule has 0 atom stereocenters. The Hall–Kier alpha value is -4.37. The van der Waals surface area contributed by atoms with Gasteiger partial charge in [-0.1, -0.05) is 42.5 Å². The number of benzene rings is 3. The zero-order chi connectivity index (χ0) is 30.2. The number of hydrogen-bond acceptors (Lipinski definition) is 6. The van der Waals surface area contributed by atoms with Crippen LogP contribution in [0.1, 0.15) is 47.2 Å². The highest BCUT2D eigenvalue weighted by Crippen LogP contribution is 2.29. The first-order chi connectivity index (χ1) is 20.9. The standard InChI is InChI=1S/C34H41N5O4/c1-43-29-14-7-25(8-15-29)22-33(41)39-19-17-38(18-20-39)31-16-9-26(34(42)36-28-12-10-27(35)11-13-28)23-30(31)37-32(40)21-24-5-3-2-4-6-24/h2-9,14-16,23,27-28H,10-13,17-22,35H2,1H3,(H,36,42)(H,37,40). The highest BCUT2D eigenvalue weighted by atomic mass is 16.5. The van der Waals surface area contributed by atoms with Crippen molar-refractivity contribution in [2.24, 2.45) is 5.73 Å². The van der Waals surface area contributed by atoms with Crippen LogP contribution in [0.15, 0.2) is 72.8 Å².